The first-order valence-electron chi connectivity index (χ1n) is 6.20. The number of hydrogen-bond acceptors (Lipinski definition) is 4. The zero-order valence-corrected chi connectivity index (χ0v) is 12.1. The molecule has 0 saturated heterocycles. The number of carbonyl (C=O) groups is 1. The average molecular weight is 318 g/mol. The smallest absolute Gasteiger partial charge is 0.280 e. The molecule has 22 heavy (non-hydrogen) atoms. The van der Waals surface area contributed by atoms with Crippen LogP contribution in [-0.2, 0) is 4.79 Å². The number of benzene rings is 1. The van der Waals surface area contributed by atoms with Crippen molar-refractivity contribution in [3.63, 3.8) is 0 Å². The van der Waals surface area contributed by atoms with Gasteiger partial charge < -0.3 is 5.43 Å². The third kappa shape index (κ3) is 3.37. The van der Waals surface area contributed by atoms with Crippen LogP contribution in [0.15, 0.2) is 29.1 Å². The molecular weight excluding hydrogens is 306 g/mol. The van der Waals surface area contributed by atoms with E-state index in [1.54, 1.807) is 30.3 Å². The lowest BCUT2D eigenvalue weighted by molar-refractivity contribution is -0.120. The highest BCUT2D eigenvalue weighted by atomic mass is 35.5. The number of halogens is 1. The van der Waals surface area contributed by atoms with Gasteiger partial charge >= 0.3 is 0 Å². The molecule has 0 unspecified atom stereocenters. The molecule has 112 valence electrons. The molecule has 0 fully saturated rings. The van der Waals surface area contributed by atoms with Crippen molar-refractivity contribution in [3.8, 4) is 11.8 Å². The second kappa shape index (κ2) is 6.65. The van der Waals surface area contributed by atoms with Crippen LogP contribution in [0.3, 0.4) is 0 Å². The molecule has 0 atom stereocenters. The summed E-state index contributed by atoms with van der Waals surface area (Å²) in [6.45, 7) is 3.74. The molecule has 2 aromatic rings. The van der Waals surface area contributed by atoms with Crippen molar-refractivity contribution in [1.82, 2.24) is 20.6 Å². The Kier molecular flexibility index (Phi) is 4.66. The Morgan fingerprint density at radius 1 is 1.55 bits per heavy atom. The molecule has 0 saturated carbocycles. The Morgan fingerprint density at radius 3 is 3.00 bits per heavy atom. The van der Waals surface area contributed by atoms with E-state index < -0.39 is 5.91 Å². The topological polar surface area (TPSA) is 103 Å². The number of amides is 1. The number of H-pyrrole nitrogens is 1. The lowest BCUT2D eigenvalue weighted by Gasteiger charge is -2.01. The van der Waals surface area contributed by atoms with Gasteiger partial charge in [0.1, 0.15) is 6.42 Å². The van der Waals surface area contributed by atoms with Gasteiger partial charge in [-0.15, -0.1) is 0 Å². The van der Waals surface area contributed by atoms with Crippen LogP contribution in [0.4, 0.5) is 0 Å². The second-order valence-electron chi connectivity index (χ2n) is 4.30. The van der Waals surface area contributed by atoms with Gasteiger partial charge in [0.25, 0.3) is 11.5 Å². The van der Waals surface area contributed by atoms with Gasteiger partial charge in [-0.2, -0.15) is 5.26 Å². The molecule has 0 radical (unpaired) electrons. The molecule has 0 aliphatic rings. The maximum Gasteiger partial charge on any atom is 0.280 e. The fourth-order valence-electron chi connectivity index (χ4n) is 1.75. The Bertz CT molecular complexity index is 907. The van der Waals surface area contributed by atoms with Crippen molar-refractivity contribution in [2.75, 3.05) is 0 Å². The van der Waals surface area contributed by atoms with Gasteiger partial charge in [-0.25, -0.2) is 4.68 Å². The highest BCUT2D eigenvalue weighted by Crippen LogP contribution is 2.11. The lowest BCUT2D eigenvalue weighted by Crippen LogP contribution is -2.40. The Labute approximate surface area is 130 Å². The fraction of sp³-hybridized carbons (Fsp3) is 0.0714. The normalized spacial score (nSPS) is 11.0. The largest absolute Gasteiger partial charge is 0.305 e. The summed E-state index contributed by atoms with van der Waals surface area (Å²) in [4.78, 5) is 23.4. The van der Waals surface area contributed by atoms with E-state index >= 15 is 0 Å². The lowest BCUT2D eigenvalue weighted by atomic mass is 10.3. The Balaban J connectivity index is 2.32. The summed E-state index contributed by atoms with van der Waals surface area (Å²) in [5.74, 6) is -0.505. The molecule has 0 bridgehead atoms. The van der Waals surface area contributed by atoms with Crippen LogP contribution in [0.1, 0.15) is 6.42 Å². The number of nitriles is 1. The first kappa shape index (κ1) is 15.4. The number of hydrogen-bond donors (Lipinski definition) is 3. The highest BCUT2D eigenvalue weighted by molar-refractivity contribution is 6.30. The molecule has 1 amide bonds. The van der Waals surface area contributed by atoms with Crippen LogP contribution in [0.25, 0.3) is 18.5 Å². The van der Waals surface area contributed by atoms with Gasteiger partial charge in [-0.3, -0.25) is 20.1 Å². The summed E-state index contributed by atoms with van der Waals surface area (Å²) in [6.07, 6.45) is 1.02. The molecule has 2 rings (SSSR count). The van der Waals surface area contributed by atoms with E-state index in [1.807, 2.05) is 0 Å². The van der Waals surface area contributed by atoms with Gasteiger partial charge in [0.2, 0.25) is 0 Å². The molecule has 0 aliphatic heterocycles. The van der Waals surface area contributed by atoms with E-state index in [0.29, 0.717) is 16.1 Å². The summed E-state index contributed by atoms with van der Waals surface area (Å²) in [5.41, 5.74) is 4.95. The Morgan fingerprint density at radius 2 is 2.32 bits per heavy atom. The minimum absolute atomic E-state index is 0.247. The molecular formula is C14H12ClN5O2. The second-order valence-corrected chi connectivity index (χ2v) is 4.73. The monoisotopic (exact) mass is 317 g/mol. The number of nitrogens with one attached hydrogen (secondary N) is 3. The minimum Gasteiger partial charge on any atom is -0.305 e. The molecule has 8 heteroatoms. The molecule has 0 spiro atoms. The fourth-order valence-corrected chi connectivity index (χ4v) is 1.93. The van der Waals surface area contributed by atoms with Crippen LogP contribution in [-0.4, -0.2) is 15.7 Å². The number of nitrogens with zero attached hydrogens (tertiary/aromatic N) is 2. The number of aromatic amines is 1. The van der Waals surface area contributed by atoms with E-state index in [-0.39, 0.29) is 17.2 Å². The number of hydrazine groups is 1. The van der Waals surface area contributed by atoms with E-state index in [4.69, 9.17) is 16.9 Å². The van der Waals surface area contributed by atoms with Gasteiger partial charge in [0.15, 0.2) is 0 Å². The maximum absolute atomic E-state index is 12.3. The van der Waals surface area contributed by atoms with Crippen molar-refractivity contribution < 1.29 is 4.79 Å². The van der Waals surface area contributed by atoms with Gasteiger partial charge in [0.05, 0.1) is 22.3 Å². The predicted molar refractivity (Wildman–Crippen MR) is 82.1 cm³/mol. The summed E-state index contributed by atoms with van der Waals surface area (Å²) in [5, 5.41) is 12.3. The SMILES string of the molecule is C=c1[nH]n(-c2cccc(Cl)c2)c(=O)c1=CNNC(=O)CC#N. The molecule has 1 aromatic heterocycles. The van der Waals surface area contributed by atoms with Crippen LogP contribution < -0.4 is 27.0 Å². The third-order valence-electron chi connectivity index (χ3n) is 2.74. The van der Waals surface area contributed by atoms with Gasteiger partial charge in [-0.1, -0.05) is 24.2 Å². The maximum atomic E-state index is 12.3. The zero-order chi connectivity index (χ0) is 16.1. The van der Waals surface area contributed by atoms with E-state index in [2.05, 4.69) is 22.5 Å². The van der Waals surface area contributed by atoms with Gasteiger partial charge in [0, 0.05) is 11.2 Å². The van der Waals surface area contributed by atoms with Crippen molar-refractivity contribution in [1.29, 1.82) is 5.26 Å². The van der Waals surface area contributed by atoms with Crippen molar-refractivity contribution in [2.45, 2.75) is 6.42 Å². The van der Waals surface area contributed by atoms with Crippen molar-refractivity contribution in [2.24, 2.45) is 0 Å². The number of carbonyl (C=O) groups excluding carboxylic acids is 1. The summed E-state index contributed by atoms with van der Waals surface area (Å²) < 4.78 is 1.29. The Hall–Kier alpha value is -2.98. The minimum atomic E-state index is -0.505. The van der Waals surface area contributed by atoms with Gasteiger partial charge in [-0.05, 0) is 18.2 Å². The van der Waals surface area contributed by atoms with Crippen molar-refractivity contribution in [3.05, 3.63) is 50.2 Å². The summed E-state index contributed by atoms with van der Waals surface area (Å²) in [6, 6.07) is 8.47. The first-order valence-corrected chi connectivity index (χ1v) is 6.58. The summed E-state index contributed by atoms with van der Waals surface area (Å²) in [7, 11) is 0. The number of rotatable bonds is 4. The predicted octanol–water partition coefficient (Wildman–Crippen LogP) is -0.498. The van der Waals surface area contributed by atoms with E-state index in [0.717, 1.165) is 0 Å². The molecule has 7 nitrogen and oxygen atoms in total. The van der Waals surface area contributed by atoms with E-state index in [9.17, 15) is 9.59 Å². The zero-order valence-electron chi connectivity index (χ0n) is 11.4. The standard InChI is InChI=1S/C14H12ClN5O2/c1-9-12(8-17-18-13(21)5-6-16)14(22)20(19-9)11-4-2-3-10(15)7-11/h2-4,7-8,17,19H,1,5H2,(H,18,21). The average Bonchev–Trinajstić information content (AvgIpc) is 2.75. The first-order chi connectivity index (χ1) is 10.5. The highest BCUT2D eigenvalue weighted by Gasteiger charge is 2.05. The number of aromatic nitrogens is 2. The molecule has 1 heterocycles. The molecule has 0 aliphatic carbocycles. The van der Waals surface area contributed by atoms with Crippen LogP contribution in [0.5, 0.6) is 0 Å². The third-order valence-corrected chi connectivity index (χ3v) is 2.97. The quantitative estimate of drug-likeness (QED) is 0.662. The van der Waals surface area contributed by atoms with Crippen molar-refractivity contribution >= 4 is 30.3 Å². The molecule has 3 N–H and O–H groups in total. The van der Waals surface area contributed by atoms with E-state index in [1.165, 1.54) is 10.9 Å². The van der Waals surface area contributed by atoms with Crippen LogP contribution in [0, 0.1) is 11.3 Å². The van der Waals surface area contributed by atoms with Crippen LogP contribution >= 0.6 is 11.6 Å². The summed E-state index contributed by atoms with van der Waals surface area (Å²) >= 11 is 5.90. The van der Waals surface area contributed by atoms with Crippen LogP contribution in [0.2, 0.25) is 5.02 Å². The molecule has 1 aromatic carbocycles.